The molecule has 0 saturated carbocycles. The maximum atomic E-state index is 12.5. The van der Waals surface area contributed by atoms with Crippen molar-refractivity contribution in [3.05, 3.63) is 74.8 Å². The Hall–Kier alpha value is -2.44. The van der Waals surface area contributed by atoms with Gasteiger partial charge >= 0.3 is 0 Å². The first kappa shape index (κ1) is 17.9. The molecule has 0 saturated heterocycles. The van der Waals surface area contributed by atoms with E-state index in [2.05, 4.69) is 0 Å². The highest BCUT2D eigenvalue weighted by Gasteiger charge is 2.17. The minimum absolute atomic E-state index is 0.0175. The van der Waals surface area contributed by atoms with Gasteiger partial charge in [-0.1, -0.05) is 48.0 Å². The summed E-state index contributed by atoms with van der Waals surface area (Å²) in [6, 6.07) is 13.5. The number of nitrogens with zero attached hydrogens (tertiary/aromatic N) is 2. The Bertz CT molecular complexity index is 722. The second-order valence-corrected chi connectivity index (χ2v) is 5.64. The molecule has 0 aliphatic carbocycles. The van der Waals surface area contributed by atoms with E-state index < -0.39 is 4.92 Å². The first-order valence-corrected chi connectivity index (χ1v) is 7.74. The third kappa shape index (κ3) is 4.78. The van der Waals surface area contributed by atoms with E-state index in [1.54, 1.807) is 0 Å². The Kier molecular flexibility index (Phi) is 6.28. The second kappa shape index (κ2) is 8.42. The summed E-state index contributed by atoms with van der Waals surface area (Å²) in [5.41, 5.74) is 1.35. The van der Waals surface area contributed by atoms with Gasteiger partial charge in [0.25, 0.3) is 5.69 Å². The monoisotopic (exact) mass is 348 g/mol. The summed E-state index contributed by atoms with van der Waals surface area (Å²) in [7, 11) is 0. The molecule has 0 unspecified atom stereocenters. The SMILES string of the molecule is O=C(Cc1ccc([N+](=O)[O-])cc1Cl)N(CCO)Cc1ccccc1. The normalized spacial score (nSPS) is 10.4. The third-order valence-electron chi connectivity index (χ3n) is 3.53. The van der Waals surface area contributed by atoms with Crippen molar-refractivity contribution < 1.29 is 14.8 Å². The van der Waals surface area contributed by atoms with E-state index in [0.29, 0.717) is 12.1 Å². The molecular weight excluding hydrogens is 332 g/mol. The van der Waals surface area contributed by atoms with Gasteiger partial charge in [-0.25, -0.2) is 0 Å². The van der Waals surface area contributed by atoms with Crippen molar-refractivity contribution in [2.45, 2.75) is 13.0 Å². The van der Waals surface area contributed by atoms with Crippen LogP contribution in [0.4, 0.5) is 5.69 Å². The summed E-state index contributed by atoms with van der Waals surface area (Å²) < 4.78 is 0. The number of nitro benzene ring substituents is 1. The van der Waals surface area contributed by atoms with Crippen LogP contribution in [0.1, 0.15) is 11.1 Å². The second-order valence-electron chi connectivity index (χ2n) is 5.23. The van der Waals surface area contributed by atoms with Gasteiger partial charge in [0.05, 0.1) is 23.0 Å². The summed E-state index contributed by atoms with van der Waals surface area (Å²) in [5.74, 6) is -0.205. The van der Waals surface area contributed by atoms with Crippen LogP contribution in [0.2, 0.25) is 5.02 Å². The fraction of sp³-hybridized carbons (Fsp3) is 0.235. The zero-order valence-electron chi connectivity index (χ0n) is 12.9. The largest absolute Gasteiger partial charge is 0.395 e. The fourth-order valence-corrected chi connectivity index (χ4v) is 2.53. The van der Waals surface area contributed by atoms with Gasteiger partial charge in [0, 0.05) is 25.2 Å². The van der Waals surface area contributed by atoms with E-state index in [0.717, 1.165) is 5.56 Å². The Morgan fingerprint density at radius 3 is 2.50 bits per heavy atom. The number of carbonyl (C=O) groups excluding carboxylic acids is 1. The molecule has 6 nitrogen and oxygen atoms in total. The van der Waals surface area contributed by atoms with Crippen LogP contribution < -0.4 is 0 Å². The van der Waals surface area contributed by atoms with E-state index in [4.69, 9.17) is 11.6 Å². The van der Waals surface area contributed by atoms with Gasteiger partial charge < -0.3 is 10.0 Å². The topological polar surface area (TPSA) is 83.7 Å². The van der Waals surface area contributed by atoms with Crippen LogP contribution in [0.15, 0.2) is 48.5 Å². The van der Waals surface area contributed by atoms with Gasteiger partial charge in [-0.3, -0.25) is 14.9 Å². The molecule has 0 spiro atoms. The van der Waals surface area contributed by atoms with Crippen LogP contribution in [0.3, 0.4) is 0 Å². The van der Waals surface area contributed by atoms with Crippen molar-refractivity contribution >= 4 is 23.2 Å². The smallest absolute Gasteiger partial charge is 0.270 e. The highest BCUT2D eigenvalue weighted by atomic mass is 35.5. The molecule has 2 aromatic carbocycles. The number of rotatable bonds is 7. The van der Waals surface area contributed by atoms with Crippen LogP contribution >= 0.6 is 11.6 Å². The van der Waals surface area contributed by atoms with Gasteiger partial charge in [-0.2, -0.15) is 0 Å². The minimum atomic E-state index is -0.537. The quantitative estimate of drug-likeness (QED) is 0.616. The van der Waals surface area contributed by atoms with Crippen molar-refractivity contribution in [1.29, 1.82) is 0 Å². The van der Waals surface area contributed by atoms with Crippen molar-refractivity contribution in [1.82, 2.24) is 4.90 Å². The highest BCUT2D eigenvalue weighted by molar-refractivity contribution is 6.31. The highest BCUT2D eigenvalue weighted by Crippen LogP contribution is 2.23. The molecule has 0 radical (unpaired) electrons. The summed E-state index contributed by atoms with van der Waals surface area (Å²) in [5, 5.41) is 20.1. The van der Waals surface area contributed by atoms with Gasteiger partial charge in [0.1, 0.15) is 0 Å². The van der Waals surface area contributed by atoms with E-state index in [9.17, 15) is 20.0 Å². The van der Waals surface area contributed by atoms with Gasteiger partial charge in [-0.05, 0) is 11.1 Å². The van der Waals surface area contributed by atoms with Crippen molar-refractivity contribution in [2.24, 2.45) is 0 Å². The Morgan fingerprint density at radius 1 is 1.21 bits per heavy atom. The van der Waals surface area contributed by atoms with Crippen molar-refractivity contribution in [2.75, 3.05) is 13.2 Å². The van der Waals surface area contributed by atoms with Gasteiger partial charge in [0.2, 0.25) is 5.91 Å². The average Bonchev–Trinajstić information content (AvgIpc) is 2.57. The molecule has 7 heteroatoms. The lowest BCUT2D eigenvalue weighted by Gasteiger charge is -2.22. The molecule has 0 bridgehead atoms. The molecule has 2 rings (SSSR count). The molecule has 24 heavy (non-hydrogen) atoms. The number of carbonyl (C=O) groups is 1. The molecule has 0 fully saturated rings. The predicted octanol–water partition coefficient (Wildman–Crippen LogP) is 2.81. The van der Waals surface area contributed by atoms with Crippen LogP contribution in [0, 0.1) is 10.1 Å². The van der Waals surface area contributed by atoms with E-state index >= 15 is 0 Å². The molecule has 1 N–H and O–H groups in total. The van der Waals surface area contributed by atoms with E-state index in [1.807, 2.05) is 30.3 Å². The lowest BCUT2D eigenvalue weighted by molar-refractivity contribution is -0.384. The average molecular weight is 349 g/mol. The molecule has 0 heterocycles. The number of nitro groups is 1. The number of aliphatic hydroxyl groups is 1. The van der Waals surface area contributed by atoms with Gasteiger partial charge in [-0.15, -0.1) is 0 Å². The van der Waals surface area contributed by atoms with E-state index in [-0.39, 0.29) is 36.2 Å². The van der Waals surface area contributed by atoms with Crippen LogP contribution in [-0.2, 0) is 17.8 Å². The summed E-state index contributed by atoms with van der Waals surface area (Å²) in [6.45, 7) is 0.440. The van der Waals surface area contributed by atoms with Crippen molar-refractivity contribution in [3.8, 4) is 0 Å². The number of hydrogen-bond acceptors (Lipinski definition) is 4. The fourth-order valence-electron chi connectivity index (χ4n) is 2.28. The summed E-state index contributed by atoms with van der Waals surface area (Å²) >= 11 is 6.03. The molecule has 0 aliphatic heterocycles. The molecule has 0 aromatic heterocycles. The number of non-ortho nitro benzene ring substituents is 1. The standard InChI is InChI=1S/C17H17ClN2O4/c18-16-11-15(20(23)24)7-6-14(16)10-17(22)19(8-9-21)12-13-4-2-1-3-5-13/h1-7,11,21H,8-10,12H2. The molecular formula is C17H17ClN2O4. The first-order chi connectivity index (χ1) is 11.5. The molecule has 0 atom stereocenters. The number of aliphatic hydroxyl groups excluding tert-OH is 1. The molecule has 1 amide bonds. The first-order valence-electron chi connectivity index (χ1n) is 7.36. The van der Waals surface area contributed by atoms with E-state index in [1.165, 1.54) is 23.1 Å². The molecule has 0 aliphatic rings. The maximum Gasteiger partial charge on any atom is 0.270 e. The molecule has 126 valence electrons. The Morgan fingerprint density at radius 2 is 1.92 bits per heavy atom. The van der Waals surface area contributed by atoms with Crippen LogP contribution in [0.5, 0.6) is 0 Å². The number of amides is 1. The number of hydrogen-bond donors (Lipinski definition) is 1. The minimum Gasteiger partial charge on any atom is -0.395 e. The summed E-state index contributed by atoms with van der Waals surface area (Å²) in [6.07, 6.45) is 0.0175. The zero-order chi connectivity index (χ0) is 17.5. The number of halogens is 1. The van der Waals surface area contributed by atoms with Gasteiger partial charge in [0.15, 0.2) is 0 Å². The lowest BCUT2D eigenvalue weighted by Crippen LogP contribution is -2.34. The Labute approximate surface area is 144 Å². The third-order valence-corrected chi connectivity index (χ3v) is 3.88. The van der Waals surface area contributed by atoms with Crippen LogP contribution in [-0.4, -0.2) is 34.0 Å². The zero-order valence-corrected chi connectivity index (χ0v) is 13.6. The predicted molar refractivity (Wildman–Crippen MR) is 90.8 cm³/mol. The summed E-state index contributed by atoms with van der Waals surface area (Å²) in [4.78, 5) is 24.2. The Balaban J connectivity index is 2.11. The lowest BCUT2D eigenvalue weighted by atomic mass is 10.1. The van der Waals surface area contributed by atoms with Crippen LogP contribution in [0.25, 0.3) is 0 Å². The van der Waals surface area contributed by atoms with Crippen molar-refractivity contribution in [3.63, 3.8) is 0 Å². The number of benzene rings is 2. The molecule has 2 aromatic rings. The maximum absolute atomic E-state index is 12.5.